The van der Waals surface area contributed by atoms with Crippen molar-refractivity contribution in [3.8, 4) is 6.07 Å². The van der Waals surface area contributed by atoms with Gasteiger partial charge >= 0.3 is 0 Å². The quantitative estimate of drug-likeness (QED) is 0.666. The number of aromatic nitrogens is 2. The second-order valence-corrected chi connectivity index (χ2v) is 6.43. The summed E-state index contributed by atoms with van der Waals surface area (Å²) >= 11 is 1.39. The highest BCUT2D eigenvalue weighted by Crippen LogP contribution is 2.22. The summed E-state index contributed by atoms with van der Waals surface area (Å²) in [5.74, 6) is 1.10. The highest BCUT2D eigenvalue weighted by atomic mass is 32.2. The van der Waals surface area contributed by atoms with Crippen LogP contribution in [0.1, 0.15) is 18.4 Å². The Morgan fingerprint density at radius 2 is 2.00 bits per heavy atom. The Balaban J connectivity index is 1.54. The fourth-order valence-corrected chi connectivity index (χ4v) is 3.15. The molecule has 0 saturated carbocycles. The van der Waals surface area contributed by atoms with Gasteiger partial charge in [0, 0.05) is 24.8 Å². The van der Waals surface area contributed by atoms with E-state index in [0.717, 1.165) is 23.9 Å². The molecule has 1 N–H and O–H groups in total. The summed E-state index contributed by atoms with van der Waals surface area (Å²) in [6.45, 7) is 2.06. The molecule has 1 aliphatic heterocycles. The van der Waals surface area contributed by atoms with Crippen molar-refractivity contribution in [1.29, 1.82) is 5.26 Å². The van der Waals surface area contributed by atoms with Crippen LogP contribution in [0.2, 0.25) is 0 Å². The molecule has 1 amide bonds. The van der Waals surface area contributed by atoms with E-state index in [1.165, 1.54) is 24.6 Å². The lowest BCUT2D eigenvalue weighted by molar-refractivity contribution is -0.113. The zero-order valence-corrected chi connectivity index (χ0v) is 13.9. The highest BCUT2D eigenvalue weighted by Gasteiger charge is 2.14. The fourth-order valence-electron chi connectivity index (χ4n) is 2.49. The third kappa shape index (κ3) is 4.24. The van der Waals surface area contributed by atoms with Crippen LogP contribution in [0, 0.1) is 11.3 Å². The van der Waals surface area contributed by atoms with E-state index in [0.29, 0.717) is 11.3 Å². The minimum atomic E-state index is -0.106. The second kappa shape index (κ2) is 7.79. The molecule has 0 spiro atoms. The van der Waals surface area contributed by atoms with Gasteiger partial charge in [0.2, 0.25) is 5.91 Å². The molecule has 2 aromatic rings. The predicted octanol–water partition coefficient (Wildman–Crippen LogP) is 2.68. The van der Waals surface area contributed by atoms with Crippen LogP contribution in [0.25, 0.3) is 0 Å². The van der Waals surface area contributed by atoms with Crippen molar-refractivity contribution in [2.75, 3.05) is 29.1 Å². The first-order valence-corrected chi connectivity index (χ1v) is 8.73. The number of nitriles is 1. The lowest BCUT2D eigenvalue weighted by Crippen LogP contribution is -2.19. The van der Waals surface area contributed by atoms with Gasteiger partial charge in [-0.2, -0.15) is 5.26 Å². The van der Waals surface area contributed by atoms with Crippen molar-refractivity contribution < 1.29 is 4.79 Å². The average molecular weight is 339 g/mol. The van der Waals surface area contributed by atoms with Gasteiger partial charge in [-0.3, -0.25) is 4.79 Å². The second-order valence-electron chi connectivity index (χ2n) is 5.43. The van der Waals surface area contributed by atoms with E-state index in [9.17, 15) is 4.79 Å². The number of carbonyl (C=O) groups is 1. The fraction of sp³-hybridized carbons (Fsp3) is 0.294. The van der Waals surface area contributed by atoms with E-state index < -0.39 is 0 Å². The number of nitrogens with zero attached hydrogens (tertiary/aromatic N) is 4. The van der Waals surface area contributed by atoms with Gasteiger partial charge in [0.05, 0.1) is 17.4 Å². The number of anilines is 2. The van der Waals surface area contributed by atoms with Crippen LogP contribution >= 0.6 is 11.8 Å². The minimum Gasteiger partial charge on any atom is -0.356 e. The number of hydrogen-bond acceptors (Lipinski definition) is 6. The Morgan fingerprint density at radius 1 is 1.25 bits per heavy atom. The number of thioether (sulfide) groups is 1. The van der Waals surface area contributed by atoms with Gasteiger partial charge in [-0.15, -0.1) is 0 Å². The van der Waals surface area contributed by atoms with Crippen LogP contribution in [0.4, 0.5) is 11.5 Å². The maximum atomic E-state index is 12.0. The lowest BCUT2D eigenvalue weighted by Gasteiger charge is -2.16. The molecule has 1 fully saturated rings. The molecule has 0 atom stereocenters. The maximum absolute atomic E-state index is 12.0. The zero-order valence-electron chi connectivity index (χ0n) is 13.1. The number of nitrogens with one attached hydrogen (secondary N) is 1. The van der Waals surface area contributed by atoms with Crippen LogP contribution < -0.4 is 10.2 Å². The Bertz CT molecular complexity index is 750. The SMILES string of the molecule is N#Cc1ccc(NC(=O)CSc2cc(N3CCCC3)ncn2)cc1. The van der Waals surface area contributed by atoms with E-state index in [4.69, 9.17) is 5.26 Å². The normalized spacial score (nSPS) is 13.5. The zero-order chi connectivity index (χ0) is 16.8. The van der Waals surface area contributed by atoms with Gasteiger partial charge in [0.1, 0.15) is 17.2 Å². The van der Waals surface area contributed by atoms with Gasteiger partial charge in [-0.25, -0.2) is 9.97 Å². The van der Waals surface area contributed by atoms with Crippen molar-refractivity contribution in [3.05, 3.63) is 42.2 Å². The van der Waals surface area contributed by atoms with Gasteiger partial charge < -0.3 is 10.2 Å². The van der Waals surface area contributed by atoms with E-state index in [1.54, 1.807) is 30.6 Å². The molecule has 0 radical (unpaired) electrons. The molecule has 0 aliphatic carbocycles. The summed E-state index contributed by atoms with van der Waals surface area (Å²) in [6.07, 6.45) is 3.94. The highest BCUT2D eigenvalue weighted by molar-refractivity contribution is 7.99. The van der Waals surface area contributed by atoms with Crippen molar-refractivity contribution in [1.82, 2.24) is 9.97 Å². The van der Waals surface area contributed by atoms with E-state index in [-0.39, 0.29) is 11.7 Å². The Kier molecular flexibility index (Phi) is 5.29. The summed E-state index contributed by atoms with van der Waals surface area (Å²) in [5.41, 5.74) is 1.25. The van der Waals surface area contributed by atoms with Crippen molar-refractivity contribution in [2.45, 2.75) is 17.9 Å². The molecule has 7 heteroatoms. The largest absolute Gasteiger partial charge is 0.356 e. The van der Waals surface area contributed by atoms with Gasteiger partial charge in [0.15, 0.2) is 0 Å². The third-order valence-electron chi connectivity index (χ3n) is 3.71. The van der Waals surface area contributed by atoms with Crippen LogP contribution in [-0.2, 0) is 4.79 Å². The topological polar surface area (TPSA) is 81.9 Å². The maximum Gasteiger partial charge on any atom is 0.234 e. The van der Waals surface area contributed by atoms with Crippen molar-refractivity contribution >= 4 is 29.2 Å². The number of carbonyl (C=O) groups excluding carboxylic acids is 1. The monoisotopic (exact) mass is 339 g/mol. The van der Waals surface area contributed by atoms with Crippen LogP contribution in [-0.4, -0.2) is 34.7 Å². The molecule has 1 saturated heterocycles. The molecule has 0 bridgehead atoms. The van der Waals surface area contributed by atoms with Crippen LogP contribution in [0.5, 0.6) is 0 Å². The summed E-state index contributed by atoms with van der Waals surface area (Å²) in [4.78, 5) is 22.8. The summed E-state index contributed by atoms with van der Waals surface area (Å²) < 4.78 is 0. The number of hydrogen-bond donors (Lipinski definition) is 1. The smallest absolute Gasteiger partial charge is 0.234 e. The number of rotatable bonds is 5. The van der Waals surface area contributed by atoms with Gasteiger partial charge in [-0.1, -0.05) is 11.8 Å². The van der Waals surface area contributed by atoms with Crippen LogP contribution in [0.15, 0.2) is 41.7 Å². The number of amides is 1. The molecule has 2 heterocycles. The molecular formula is C17H17N5OS. The molecule has 1 aliphatic rings. The van der Waals surface area contributed by atoms with Crippen molar-refractivity contribution in [2.24, 2.45) is 0 Å². The molecule has 3 rings (SSSR count). The van der Waals surface area contributed by atoms with E-state index >= 15 is 0 Å². The summed E-state index contributed by atoms with van der Waals surface area (Å²) in [7, 11) is 0. The first kappa shape index (κ1) is 16.3. The standard InChI is InChI=1S/C17H17N5OS/c18-10-13-3-5-14(6-4-13)21-16(23)11-24-17-9-15(19-12-20-17)22-7-1-2-8-22/h3-6,9,12H,1-2,7-8,11H2,(H,21,23). The van der Waals surface area contributed by atoms with E-state index in [1.807, 2.05) is 12.1 Å². The summed E-state index contributed by atoms with van der Waals surface area (Å²) in [5, 5.41) is 12.4. The van der Waals surface area contributed by atoms with Gasteiger partial charge in [0.25, 0.3) is 0 Å². The first-order chi connectivity index (χ1) is 11.7. The molecule has 24 heavy (non-hydrogen) atoms. The molecule has 0 unspecified atom stereocenters. The molecule has 6 nitrogen and oxygen atoms in total. The molecule has 1 aromatic heterocycles. The van der Waals surface area contributed by atoms with Crippen LogP contribution in [0.3, 0.4) is 0 Å². The Hall–Kier alpha value is -2.59. The third-order valence-corrected chi connectivity index (χ3v) is 4.63. The summed E-state index contributed by atoms with van der Waals surface area (Å²) in [6, 6.07) is 10.8. The lowest BCUT2D eigenvalue weighted by atomic mass is 10.2. The van der Waals surface area contributed by atoms with Gasteiger partial charge in [-0.05, 0) is 37.1 Å². The Labute approximate surface area is 144 Å². The first-order valence-electron chi connectivity index (χ1n) is 7.74. The predicted molar refractivity (Wildman–Crippen MR) is 94.0 cm³/mol. The Morgan fingerprint density at radius 3 is 2.71 bits per heavy atom. The molecule has 1 aromatic carbocycles. The van der Waals surface area contributed by atoms with Crippen molar-refractivity contribution in [3.63, 3.8) is 0 Å². The molecule has 122 valence electrons. The molecular weight excluding hydrogens is 322 g/mol. The number of benzene rings is 1. The average Bonchev–Trinajstić information content (AvgIpc) is 3.16. The minimum absolute atomic E-state index is 0.106. The van der Waals surface area contributed by atoms with E-state index in [2.05, 4.69) is 20.2 Å².